The number of anilines is 1. The minimum atomic E-state index is -0.454. The molecule has 2 aromatic carbocycles. The predicted octanol–water partition coefficient (Wildman–Crippen LogP) is 3.99. The second-order valence-corrected chi connectivity index (χ2v) is 9.40. The summed E-state index contributed by atoms with van der Waals surface area (Å²) in [4.78, 5) is 19.4. The third-order valence-electron chi connectivity index (χ3n) is 6.18. The van der Waals surface area contributed by atoms with Crippen LogP contribution in [0.5, 0.6) is 0 Å². The van der Waals surface area contributed by atoms with Crippen molar-refractivity contribution >= 4 is 16.5 Å². The van der Waals surface area contributed by atoms with Crippen LogP contribution < -0.4 is 10.5 Å². The molecule has 5 rings (SSSR count). The first-order valence-corrected chi connectivity index (χ1v) is 10.6. The van der Waals surface area contributed by atoms with Gasteiger partial charge in [0, 0.05) is 18.0 Å². The van der Waals surface area contributed by atoms with Gasteiger partial charge in [-0.1, -0.05) is 29.8 Å². The maximum atomic E-state index is 14.8. The van der Waals surface area contributed by atoms with E-state index in [-0.39, 0.29) is 17.3 Å². The van der Waals surface area contributed by atoms with Crippen molar-refractivity contribution in [3.05, 3.63) is 81.5 Å². The highest BCUT2D eigenvalue weighted by atomic mass is 19.1. The maximum absolute atomic E-state index is 14.8. The molecule has 7 nitrogen and oxygen atoms in total. The van der Waals surface area contributed by atoms with Gasteiger partial charge in [0.05, 0.1) is 28.7 Å². The number of aromatic nitrogens is 5. The quantitative estimate of drug-likeness (QED) is 0.518. The molecule has 0 saturated heterocycles. The molecule has 0 unspecified atom stereocenters. The van der Waals surface area contributed by atoms with Crippen LogP contribution in [-0.4, -0.2) is 30.5 Å². The topological polar surface area (TPSA) is 79.7 Å². The lowest BCUT2D eigenvalue weighted by molar-refractivity contribution is 0.397. The molecule has 32 heavy (non-hydrogen) atoms. The lowest BCUT2D eigenvalue weighted by atomic mass is 9.79. The van der Waals surface area contributed by atoms with Crippen LogP contribution in [-0.2, 0) is 7.05 Å². The first kappa shape index (κ1) is 20.4. The molecule has 0 saturated carbocycles. The summed E-state index contributed by atoms with van der Waals surface area (Å²) in [6, 6.07) is 10.9. The summed E-state index contributed by atoms with van der Waals surface area (Å²) >= 11 is 0. The van der Waals surface area contributed by atoms with Crippen LogP contribution in [0.25, 0.3) is 10.8 Å². The van der Waals surface area contributed by atoms with Crippen molar-refractivity contribution in [1.82, 2.24) is 25.0 Å². The van der Waals surface area contributed by atoms with Gasteiger partial charge in [0.2, 0.25) is 0 Å². The Morgan fingerprint density at radius 2 is 1.84 bits per heavy atom. The van der Waals surface area contributed by atoms with E-state index in [0.29, 0.717) is 16.8 Å². The maximum Gasteiger partial charge on any atom is 0.272 e. The van der Waals surface area contributed by atoms with Crippen molar-refractivity contribution in [1.29, 1.82) is 0 Å². The molecule has 0 fully saturated rings. The van der Waals surface area contributed by atoms with Crippen molar-refractivity contribution in [2.24, 2.45) is 7.05 Å². The molecule has 0 bridgehead atoms. The molecule has 8 heteroatoms. The van der Waals surface area contributed by atoms with Gasteiger partial charge in [0.25, 0.3) is 5.56 Å². The Morgan fingerprint density at radius 1 is 1.12 bits per heavy atom. The summed E-state index contributed by atoms with van der Waals surface area (Å²) in [5, 5.41) is 12.3. The second-order valence-electron chi connectivity index (χ2n) is 9.40. The molecule has 0 aliphatic carbocycles. The van der Waals surface area contributed by atoms with Gasteiger partial charge in [-0.3, -0.25) is 9.48 Å². The van der Waals surface area contributed by atoms with E-state index in [1.807, 2.05) is 14.0 Å². The molecule has 164 valence electrons. The fraction of sp³-hybridized carbons (Fsp3) is 0.333. The smallest absolute Gasteiger partial charge is 0.272 e. The standard InChI is InChI=1S/C24H25FN6O/c1-13-6-8-14(9-7-13)21-19(22-26-12-27-30(22)5)20-18-16(23(32)29-28-20)10-15(25)11-17(18)31(21)24(2,3)4/h6-12,19,21H,1-5H3,(H,29,32)/t19-,21+/m0/s1. The molecule has 4 aromatic rings. The Balaban J connectivity index is 1.94. The molecule has 0 spiro atoms. The van der Waals surface area contributed by atoms with E-state index in [4.69, 9.17) is 0 Å². The molecular formula is C24H25FN6O. The molecule has 3 heterocycles. The summed E-state index contributed by atoms with van der Waals surface area (Å²) in [5.74, 6) is -0.0634. The van der Waals surface area contributed by atoms with Gasteiger partial charge >= 0.3 is 0 Å². The van der Waals surface area contributed by atoms with Crippen LogP contribution in [0.3, 0.4) is 0 Å². The SMILES string of the molecule is Cc1ccc([C@@H]2[C@@H](c3ncnn3C)c3n[nH]c(=O)c4cc(F)cc(c34)N2C(C)(C)C)cc1. The van der Waals surface area contributed by atoms with Crippen molar-refractivity contribution in [2.45, 2.75) is 45.2 Å². The average molecular weight is 433 g/mol. The van der Waals surface area contributed by atoms with Gasteiger partial charge in [-0.05, 0) is 45.4 Å². The summed E-state index contributed by atoms with van der Waals surface area (Å²) in [7, 11) is 1.85. The largest absolute Gasteiger partial charge is 0.358 e. The molecule has 2 aromatic heterocycles. The Hall–Kier alpha value is -3.55. The minimum absolute atomic E-state index is 0.241. The van der Waals surface area contributed by atoms with Gasteiger partial charge in [-0.2, -0.15) is 10.2 Å². The molecule has 0 radical (unpaired) electrons. The number of aromatic amines is 1. The number of hydrogen-bond donors (Lipinski definition) is 1. The lowest BCUT2D eigenvalue weighted by Crippen LogP contribution is -2.49. The van der Waals surface area contributed by atoms with Gasteiger partial charge in [0.15, 0.2) is 0 Å². The normalized spacial score (nSPS) is 18.4. The molecular weight excluding hydrogens is 407 g/mol. The number of halogens is 1. The van der Waals surface area contributed by atoms with Crippen molar-refractivity contribution in [3.8, 4) is 0 Å². The lowest BCUT2D eigenvalue weighted by Gasteiger charge is -2.49. The Kier molecular flexibility index (Phi) is 4.44. The fourth-order valence-corrected chi connectivity index (χ4v) is 4.87. The Labute approximate surface area is 184 Å². The number of hydrogen-bond acceptors (Lipinski definition) is 5. The number of benzene rings is 2. The highest BCUT2D eigenvalue weighted by Gasteiger charge is 2.45. The summed E-state index contributed by atoms with van der Waals surface area (Å²) in [6.45, 7) is 8.31. The Morgan fingerprint density at radius 3 is 2.47 bits per heavy atom. The minimum Gasteiger partial charge on any atom is -0.358 e. The zero-order valence-corrected chi connectivity index (χ0v) is 18.7. The first-order valence-electron chi connectivity index (χ1n) is 10.6. The third kappa shape index (κ3) is 3.01. The number of H-pyrrole nitrogens is 1. The van der Waals surface area contributed by atoms with E-state index in [0.717, 1.165) is 17.0 Å². The predicted molar refractivity (Wildman–Crippen MR) is 121 cm³/mol. The Bertz CT molecular complexity index is 1380. The highest BCUT2D eigenvalue weighted by molar-refractivity contribution is 5.98. The highest BCUT2D eigenvalue weighted by Crippen LogP contribution is 2.52. The first-order chi connectivity index (χ1) is 15.2. The number of nitrogens with one attached hydrogen (secondary N) is 1. The van der Waals surface area contributed by atoms with E-state index in [9.17, 15) is 9.18 Å². The molecule has 0 amide bonds. The van der Waals surface area contributed by atoms with Crippen LogP contribution in [0.1, 0.15) is 55.4 Å². The van der Waals surface area contributed by atoms with Crippen LogP contribution in [0, 0.1) is 12.7 Å². The van der Waals surface area contributed by atoms with Crippen LogP contribution in [0.2, 0.25) is 0 Å². The van der Waals surface area contributed by atoms with Crippen LogP contribution >= 0.6 is 0 Å². The zero-order valence-electron chi connectivity index (χ0n) is 18.7. The van der Waals surface area contributed by atoms with E-state index >= 15 is 0 Å². The summed E-state index contributed by atoms with van der Waals surface area (Å²) in [5.41, 5.74) is 2.71. The number of nitrogens with zero attached hydrogens (tertiary/aromatic N) is 5. The molecule has 1 aliphatic heterocycles. The average Bonchev–Trinajstić information content (AvgIpc) is 3.14. The van der Waals surface area contributed by atoms with Crippen molar-refractivity contribution in [2.75, 3.05) is 4.90 Å². The summed E-state index contributed by atoms with van der Waals surface area (Å²) < 4.78 is 16.5. The van der Waals surface area contributed by atoms with E-state index in [2.05, 4.69) is 70.2 Å². The fourth-order valence-electron chi connectivity index (χ4n) is 4.87. The van der Waals surface area contributed by atoms with Crippen molar-refractivity contribution in [3.63, 3.8) is 0 Å². The van der Waals surface area contributed by atoms with E-state index in [1.54, 1.807) is 4.68 Å². The van der Waals surface area contributed by atoms with E-state index < -0.39 is 16.9 Å². The van der Waals surface area contributed by atoms with Gasteiger partial charge in [-0.15, -0.1) is 0 Å². The van der Waals surface area contributed by atoms with Crippen LogP contribution in [0.15, 0.2) is 47.5 Å². The second kappa shape index (κ2) is 6.98. The van der Waals surface area contributed by atoms with Crippen molar-refractivity contribution < 1.29 is 4.39 Å². The van der Waals surface area contributed by atoms with Crippen LogP contribution in [0.4, 0.5) is 10.1 Å². The van der Waals surface area contributed by atoms with Gasteiger partial charge < -0.3 is 4.90 Å². The summed E-state index contributed by atoms with van der Waals surface area (Å²) in [6.07, 6.45) is 1.52. The number of aryl methyl sites for hydroxylation is 2. The van der Waals surface area contributed by atoms with Gasteiger partial charge in [0.1, 0.15) is 18.0 Å². The molecule has 1 aliphatic rings. The number of rotatable bonds is 2. The van der Waals surface area contributed by atoms with Gasteiger partial charge in [-0.25, -0.2) is 14.5 Å². The molecule has 1 N–H and O–H groups in total. The monoisotopic (exact) mass is 432 g/mol. The zero-order chi connectivity index (χ0) is 22.8. The third-order valence-corrected chi connectivity index (χ3v) is 6.18. The van der Waals surface area contributed by atoms with E-state index in [1.165, 1.54) is 18.5 Å². The molecule has 2 atom stereocenters.